The first kappa shape index (κ1) is 18.8. The van der Waals surface area contributed by atoms with Gasteiger partial charge >= 0.3 is 0 Å². The lowest BCUT2D eigenvalue weighted by Crippen LogP contribution is -2.42. The fraction of sp³-hybridized carbons (Fsp3) is 0.312. The first-order chi connectivity index (χ1) is 13.3. The fourth-order valence-corrected chi connectivity index (χ4v) is 4.91. The summed E-state index contributed by atoms with van der Waals surface area (Å²) in [5.41, 5.74) is 0.887. The second-order valence-electron chi connectivity index (χ2n) is 6.27. The number of anilines is 1. The average Bonchev–Trinajstić information content (AvgIpc) is 3.39. The number of rotatable bonds is 5. The molecule has 3 aromatic rings. The Hall–Kier alpha value is -2.54. The largest absolute Gasteiger partial charge is 0.461 e. The second kappa shape index (κ2) is 7.13. The number of fused-ring (bicyclic) bond motifs is 1. The number of carbonyl (C=O) groups excluding carboxylic acids is 1. The molecule has 0 aromatic carbocycles. The standard InChI is InChI=1S/C16H17N5O5S2/c1-20(2)28(23,24)21-6-5-10-14(9-21)27-16(17-10)18-15(22)11-8-13(26-19-11)12-4-3-7-25-12/h3-4,7-8H,5-6,9H2,1-2H3,(H,17,18,22). The number of hydrogen-bond acceptors (Lipinski definition) is 8. The summed E-state index contributed by atoms with van der Waals surface area (Å²) in [5, 5.41) is 6.83. The van der Waals surface area contributed by atoms with E-state index in [1.807, 2.05) is 0 Å². The van der Waals surface area contributed by atoms with Crippen LogP contribution in [0.2, 0.25) is 0 Å². The molecule has 3 aromatic heterocycles. The van der Waals surface area contributed by atoms with E-state index < -0.39 is 16.1 Å². The van der Waals surface area contributed by atoms with Crippen molar-refractivity contribution in [2.75, 3.05) is 26.0 Å². The van der Waals surface area contributed by atoms with Crippen molar-refractivity contribution in [1.29, 1.82) is 0 Å². The normalized spacial score (nSPS) is 15.0. The zero-order valence-corrected chi connectivity index (χ0v) is 16.7. The molecule has 1 aliphatic rings. The average molecular weight is 423 g/mol. The molecule has 0 saturated carbocycles. The smallest absolute Gasteiger partial charge is 0.281 e. The third kappa shape index (κ3) is 3.46. The van der Waals surface area contributed by atoms with Gasteiger partial charge in [-0.3, -0.25) is 10.1 Å². The van der Waals surface area contributed by atoms with E-state index in [9.17, 15) is 13.2 Å². The number of hydrogen-bond donors (Lipinski definition) is 1. The van der Waals surface area contributed by atoms with Crippen LogP contribution in [-0.4, -0.2) is 53.7 Å². The molecule has 0 radical (unpaired) electrons. The van der Waals surface area contributed by atoms with E-state index in [1.165, 1.54) is 46.4 Å². The van der Waals surface area contributed by atoms with Gasteiger partial charge in [0, 0.05) is 38.0 Å². The zero-order chi connectivity index (χ0) is 19.9. The van der Waals surface area contributed by atoms with Crippen LogP contribution in [0.4, 0.5) is 5.13 Å². The van der Waals surface area contributed by atoms with Gasteiger partial charge in [-0.15, -0.1) is 11.3 Å². The van der Waals surface area contributed by atoms with Crippen molar-refractivity contribution in [3.63, 3.8) is 0 Å². The number of nitrogens with one attached hydrogen (secondary N) is 1. The van der Waals surface area contributed by atoms with Crippen LogP contribution in [0.5, 0.6) is 0 Å². The van der Waals surface area contributed by atoms with Crippen LogP contribution in [0, 0.1) is 0 Å². The molecule has 0 fully saturated rings. The van der Waals surface area contributed by atoms with E-state index in [-0.39, 0.29) is 12.2 Å². The summed E-state index contributed by atoms with van der Waals surface area (Å²) in [6, 6.07) is 4.88. The topological polar surface area (TPSA) is 122 Å². The first-order valence-electron chi connectivity index (χ1n) is 8.32. The molecular weight excluding hydrogens is 406 g/mol. The van der Waals surface area contributed by atoms with E-state index in [0.29, 0.717) is 29.6 Å². The third-order valence-corrected chi connectivity index (χ3v) is 7.10. The summed E-state index contributed by atoms with van der Waals surface area (Å²) in [6.45, 7) is 0.580. The second-order valence-corrected chi connectivity index (χ2v) is 9.50. The van der Waals surface area contributed by atoms with Crippen molar-refractivity contribution in [1.82, 2.24) is 18.8 Å². The van der Waals surface area contributed by atoms with E-state index in [4.69, 9.17) is 8.94 Å². The number of furan rings is 1. The highest BCUT2D eigenvalue weighted by molar-refractivity contribution is 7.86. The van der Waals surface area contributed by atoms with Crippen LogP contribution in [-0.2, 0) is 23.2 Å². The summed E-state index contributed by atoms with van der Waals surface area (Å²) in [4.78, 5) is 17.6. The Labute approximate surface area is 164 Å². The van der Waals surface area contributed by atoms with E-state index in [0.717, 1.165) is 10.6 Å². The molecule has 0 bridgehead atoms. The van der Waals surface area contributed by atoms with E-state index in [1.54, 1.807) is 12.1 Å². The lowest BCUT2D eigenvalue weighted by Gasteiger charge is -2.27. The van der Waals surface area contributed by atoms with Gasteiger partial charge in [-0.2, -0.15) is 17.0 Å². The lowest BCUT2D eigenvalue weighted by molar-refractivity contribution is 0.101. The van der Waals surface area contributed by atoms with Crippen molar-refractivity contribution >= 4 is 32.6 Å². The minimum atomic E-state index is -3.49. The van der Waals surface area contributed by atoms with Crippen LogP contribution in [0.15, 0.2) is 33.4 Å². The molecule has 0 unspecified atom stereocenters. The molecule has 0 aliphatic carbocycles. The Kier molecular flexibility index (Phi) is 4.79. The number of carbonyl (C=O) groups is 1. The highest BCUT2D eigenvalue weighted by atomic mass is 32.2. The van der Waals surface area contributed by atoms with Crippen LogP contribution < -0.4 is 5.32 Å². The molecule has 1 amide bonds. The van der Waals surface area contributed by atoms with Crippen molar-refractivity contribution in [2.24, 2.45) is 0 Å². The molecule has 0 spiro atoms. The van der Waals surface area contributed by atoms with Gasteiger partial charge in [-0.1, -0.05) is 5.16 Å². The molecule has 10 nitrogen and oxygen atoms in total. The van der Waals surface area contributed by atoms with Crippen LogP contribution in [0.1, 0.15) is 21.1 Å². The Balaban J connectivity index is 1.47. The van der Waals surface area contributed by atoms with Crippen molar-refractivity contribution in [3.05, 3.63) is 40.7 Å². The maximum Gasteiger partial charge on any atom is 0.281 e. The fourth-order valence-electron chi connectivity index (χ4n) is 2.73. The third-order valence-electron chi connectivity index (χ3n) is 4.21. The van der Waals surface area contributed by atoms with Gasteiger partial charge in [0.15, 0.2) is 16.6 Å². The molecule has 148 valence electrons. The quantitative estimate of drug-likeness (QED) is 0.664. The van der Waals surface area contributed by atoms with Crippen molar-refractivity contribution in [3.8, 4) is 11.5 Å². The molecule has 0 atom stereocenters. The predicted molar refractivity (Wildman–Crippen MR) is 101 cm³/mol. The first-order valence-corrected chi connectivity index (χ1v) is 10.5. The molecule has 4 rings (SSSR count). The maximum absolute atomic E-state index is 12.4. The van der Waals surface area contributed by atoms with Gasteiger partial charge in [0.25, 0.3) is 16.1 Å². The molecule has 1 aliphatic heterocycles. The van der Waals surface area contributed by atoms with Gasteiger partial charge in [-0.05, 0) is 12.1 Å². The van der Waals surface area contributed by atoms with Crippen LogP contribution in [0.25, 0.3) is 11.5 Å². The minimum Gasteiger partial charge on any atom is -0.461 e. The summed E-state index contributed by atoms with van der Waals surface area (Å²) in [6.07, 6.45) is 1.98. The number of amides is 1. The predicted octanol–water partition coefficient (Wildman–Crippen LogP) is 1.81. The SMILES string of the molecule is CN(C)S(=O)(=O)N1CCc2nc(NC(=O)c3cc(-c4ccco4)on3)sc2C1. The molecule has 1 N–H and O–H groups in total. The maximum atomic E-state index is 12.4. The Morgan fingerprint density at radius 3 is 2.89 bits per heavy atom. The summed E-state index contributed by atoms with van der Waals surface area (Å²) in [5.74, 6) is 0.349. The molecule has 4 heterocycles. The highest BCUT2D eigenvalue weighted by Gasteiger charge is 2.30. The molecule has 28 heavy (non-hydrogen) atoms. The lowest BCUT2D eigenvalue weighted by atomic mass is 10.2. The Morgan fingerprint density at radius 1 is 1.36 bits per heavy atom. The summed E-state index contributed by atoms with van der Waals surface area (Å²) in [7, 11) is -0.495. The molecule has 0 saturated heterocycles. The number of aromatic nitrogens is 2. The number of thiazole rings is 1. The summed E-state index contributed by atoms with van der Waals surface area (Å²) >= 11 is 1.25. The Bertz CT molecular complexity index is 1100. The van der Waals surface area contributed by atoms with Crippen molar-refractivity contribution < 1.29 is 22.2 Å². The van der Waals surface area contributed by atoms with Gasteiger partial charge < -0.3 is 8.94 Å². The van der Waals surface area contributed by atoms with Crippen LogP contribution in [0.3, 0.4) is 0 Å². The van der Waals surface area contributed by atoms with E-state index in [2.05, 4.69) is 15.5 Å². The molecule has 12 heteroatoms. The number of nitrogens with zero attached hydrogens (tertiary/aromatic N) is 4. The van der Waals surface area contributed by atoms with Crippen LogP contribution >= 0.6 is 11.3 Å². The molecular formula is C16H17N5O5S2. The van der Waals surface area contributed by atoms with Gasteiger partial charge in [0.1, 0.15) is 0 Å². The van der Waals surface area contributed by atoms with Gasteiger partial charge in [-0.25, -0.2) is 4.98 Å². The van der Waals surface area contributed by atoms with Gasteiger partial charge in [0.05, 0.1) is 18.5 Å². The Morgan fingerprint density at radius 2 is 2.18 bits per heavy atom. The minimum absolute atomic E-state index is 0.0939. The van der Waals surface area contributed by atoms with Gasteiger partial charge in [0.2, 0.25) is 5.76 Å². The monoisotopic (exact) mass is 423 g/mol. The van der Waals surface area contributed by atoms with E-state index >= 15 is 0 Å². The van der Waals surface area contributed by atoms with Crippen molar-refractivity contribution in [2.45, 2.75) is 13.0 Å². The zero-order valence-electron chi connectivity index (χ0n) is 15.1. The highest BCUT2D eigenvalue weighted by Crippen LogP contribution is 2.30. The summed E-state index contributed by atoms with van der Waals surface area (Å²) < 4.78 is 37.5.